The Labute approximate surface area is 206 Å². The van der Waals surface area contributed by atoms with Crippen LogP contribution in [-0.4, -0.2) is 51.7 Å². The van der Waals surface area contributed by atoms with Crippen LogP contribution in [0, 0.1) is 5.92 Å². The Morgan fingerprint density at radius 3 is 2.82 bits per heavy atom. The van der Waals surface area contributed by atoms with Crippen molar-refractivity contribution in [1.82, 2.24) is 4.90 Å². The van der Waals surface area contributed by atoms with Gasteiger partial charge < -0.3 is 14.3 Å². The van der Waals surface area contributed by atoms with Crippen molar-refractivity contribution in [3.05, 3.63) is 47.1 Å². The third-order valence-corrected chi connectivity index (χ3v) is 7.85. The number of carbonyl (C=O) groups is 2. The first kappa shape index (κ1) is 24.1. The summed E-state index contributed by atoms with van der Waals surface area (Å²) in [7, 11) is 0. The summed E-state index contributed by atoms with van der Waals surface area (Å²) in [5.41, 5.74) is 0.973. The van der Waals surface area contributed by atoms with E-state index in [9.17, 15) is 9.59 Å². The summed E-state index contributed by atoms with van der Waals surface area (Å²) in [5, 5.41) is 8.88. The Bertz CT molecular complexity index is 1060. The van der Waals surface area contributed by atoms with Crippen LogP contribution >= 0.6 is 35.7 Å². The van der Waals surface area contributed by atoms with E-state index in [0.29, 0.717) is 21.4 Å². The van der Waals surface area contributed by atoms with E-state index in [4.69, 9.17) is 26.5 Å². The van der Waals surface area contributed by atoms with Crippen LogP contribution in [0.5, 0.6) is 0 Å². The van der Waals surface area contributed by atoms with Crippen LogP contribution in [-0.2, 0) is 14.3 Å². The molecule has 174 valence electrons. The van der Waals surface area contributed by atoms with Gasteiger partial charge in [-0.05, 0) is 49.8 Å². The van der Waals surface area contributed by atoms with Crippen molar-refractivity contribution in [2.75, 3.05) is 19.5 Å². The minimum Gasteiger partial charge on any atom is -0.463 e. The average molecular weight is 504 g/mol. The maximum atomic E-state index is 13.2. The van der Waals surface area contributed by atoms with Gasteiger partial charge in [-0.25, -0.2) is 0 Å². The number of nitrogens with zero attached hydrogens (tertiary/aromatic N) is 1. The number of furan rings is 1. The molecule has 4 rings (SSSR count). The Morgan fingerprint density at radius 1 is 1.30 bits per heavy atom. The van der Waals surface area contributed by atoms with E-state index >= 15 is 0 Å². The van der Waals surface area contributed by atoms with E-state index in [0.717, 1.165) is 30.6 Å². The number of hydrogen-bond donors (Lipinski definition) is 1. The lowest BCUT2D eigenvalue weighted by Crippen LogP contribution is -2.43. The van der Waals surface area contributed by atoms with Gasteiger partial charge in [0, 0.05) is 22.6 Å². The largest absolute Gasteiger partial charge is 0.463 e. The molecule has 0 spiro atoms. The molecule has 1 N–H and O–H groups in total. The third kappa shape index (κ3) is 5.54. The number of benzene rings is 1. The van der Waals surface area contributed by atoms with Crippen LogP contribution in [0.15, 0.2) is 50.6 Å². The molecular formula is C24H25NO5S3. The predicted molar refractivity (Wildman–Crippen MR) is 135 cm³/mol. The molecule has 1 aromatic heterocycles. The summed E-state index contributed by atoms with van der Waals surface area (Å²) in [6, 6.07) is 11.7. The fourth-order valence-electron chi connectivity index (χ4n) is 4.14. The zero-order valence-electron chi connectivity index (χ0n) is 18.2. The highest BCUT2D eigenvalue weighted by Crippen LogP contribution is 2.39. The van der Waals surface area contributed by atoms with E-state index in [1.165, 1.54) is 16.7 Å². The van der Waals surface area contributed by atoms with E-state index in [-0.39, 0.29) is 37.0 Å². The number of carbonyl (C=O) groups excluding carboxylic acids is 2. The molecule has 1 aliphatic carbocycles. The van der Waals surface area contributed by atoms with Crippen molar-refractivity contribution in [3.8, 4) is 11.3 Å². The number of hydrogen-bond acceptors (Lipinski definition) is 8. The zero-order chi connectivity index (χ0) is 23.4. The van der Waals surface area contributed by atoms with Gasteiger partial charge in [-0.3, -0.25) is 14.5 Å². The minimum absolute atomic E-state index is 0.00333. The molecule has 1 aromatic carbocycles. The smallest absolute Gasteiger partial charge is 0.309 e. The quantitative estimate of drug-likeness (QED) is 0.246. The first-order valence-corrected chi connectivity index (χ1v) is 13.2. The molecule has 0 radical (unpaired) electrons. The van der Waals surface area contributed by atoms with E-state index in [1.54, 1.807) is 22.7 Å². The SMILES string of the molecule is CSc1ccc(-c2ccc(/C=C3/SC(=S)N(C4CCCC(C(=O)OCCO)C4)C3=O)o2)cc1. The van der Waals surface area contributed by atoms with Crippen molar-refractivity contribution < 1.29 is 23.8 Å². The molecule has 33 heavy (non-hydrogen) atoms. The first-order chi connectivity index (χ1) is 16.0. The molecule has 1 amide bonds. The fraction of sp³-hybridized carbons (Fsp3) is 0.375. The molecule has 2 atom stereocenters. The van der Waals surface area contributed by atoms with Gasteiger partial charge in [0.25, 0.3) is 5.91 Å². The predicted octanol–water partition coefficient (Wildman–Crippen LogP) is 4.96. The fourth-order valence-corrected chi connectivity index (χ4v) is 5.93. The second kappa shape index (κ2) is 10.9. The number of thiocarbonyl (C=S) groups is 1. The van der Waals surface area contributed by atoms with E-state index < -0.39 is 0 Å². The van der Waals surface area contributed by atoms with E-state index in [2.05, 4.69) is 0 Å². The number of thioether (sulfide) groups is 2. The molecule has 0 bridgehead atoms. The second-order valence-electron chi connectivity index (χ2n) is 7.89. The molecule has 9 heteroatoms. The molecule has 2 aliphatic rings. The Balaban J connectivity index is 1.45. The molecule has 1 saturated heterocycles. The Hall–Kier alpha value is -2.07. The van der Waals surface area contributed by atoms with Gasteiger partial charge >= 0.3 is 5.97 Å². The lowest BCUT2D eigenvalue weighted by molar-refractivity contribution is -0.151. The number of aliphatic hydroxyl groups is 1. The summed E-state index contributed by atoms with van der Waals surface area (Å²) in [6.07, 6.45) is 6.61. The topological polar surface area (TPSA) is 80.0 Å². The highest BCUT2D eigenvalue weighted by atomic mass is 32.2. The van der Waals surface area contributed by atoms with Crippen LogP contribution in [0.2, 0.25) is 0 Å². The maximum Gasteiger partial charge on any atom is 0.309 e. The van der Waals surface area contributed by atoms with Crippen molar-refractivity contribution >= 4 is 58.0 Å². The van der Waals surface area contributed by atoms with Crippen molar-refractivity contribution in [2.45, 2.75) is 36.6 Å². The molecule has 2 fully saturated rings. The number of esters is 1. The molecule has 2 aromatic rings. The van der Waals surface area contributed by atoms with Gasteiger partial charge in [-0.15, -0.1) is 11.8 Å². The summed E-state index contributed by atoms with van der Waals surface area (Å²) >= 11 is 8.46. The molecule has 6 nitrogen and oxygen atoms in total. The lowest BCUT2D eigenvalue weighted by atomic mass is 9.85. The van der Waals surface area contributed by atoms with Gasteiger partial charge in [0.1, 0.15) is 22.4 Å². The van der Waals surface area contributed by atoms with E-state index in [1.807, 2.05) is 42.7 Å². The Morgan fingerprint density at radius 2 is 2.09 bits per heavy atom. The summed E-state index contributed by atoms with van der Waals surface area (Å²) in [4.78, 5) is 28.8. The van der Waals surface area contributed by atoms with Gasteiger partial charge in [-0.1, -0.05) is 42.5 Å². The van der Waals surface area contributed by atoms with Crippen LogP contribution in [0.3, 0.4) is 0 Å². The second-order valence-corrected chi connectivity index (χ2v) is 10.4. The molecule has 1 saturated carbocycles. The van der Waals surface area contributed by atoms with Gasteiger partial charge in [-0.2, -0.15) is 0 Å². The van der Waals surface area contributed by atoms with Crippen LogP contribution in [0.25, 0.3) is 17.4 Å². The van der Waals surface area contributed by atoms with Gasteiger partial charge in [0.2, 0.25) is 0 Å². The van der Waals surface area contributed by atoms with Crippen LogP contribution < -0.4 is 0 Å². The lowest BCUT2D eigenvalue weighted by Gasteiger charge is -2.33. The van der Waals surface area contributed by atoms with Crippen molar-refractivity contribution in [3.63, 3.8) is 0 Å². The number of aliphatic hydroxyl groups excluding tert-OH is 1. The van der Waals surface area contributed by atoms with Crippen molar-refractivity contribution in [2.24, 2.45) is 5.92 Å². The molecule has 2 unspecified atom stereocenters. The number of ether oxygens (including phenoxy) is 1. The van der Waals surface area contributed by atoms with Crippen LogP contribution in [0.1, 0.15) is 31.4 Å². The van der Waals surface area contributed by atoms with Crippen LogP contribution in [0.4, 0.5) is 0 Å². The average Bonchev–Trinajstić information content (AvgIpc) is 3.41. The monoisotopic (exact) mass is 503 g/mol. The zero-order valence-corrected chi connectivity index (χ0v) is 20.6. The summed E-state index contributed by atoms with van der Waals surface area (Å²) in [6.45, 7) is -0.199. The standard InChI is InChI=1S/C24H25NO5S3/c1-32-19-8-5-15(6-9-19)20-10-7-18(30-20)14-21-22(27)25(24(31)33-21)17-4-2-3-16(13-17)23(28)29-12-11-26/h5-10,14,16-17,26H,2-4,11-13H2,1H3/b21-14+. The first-order valence-electron chi connectivity index (χ1n) is 10.8. The molecule has 1 aliphatic heterocycles. The molecular weight excluding hydrogens is 478 g/mol. The summed E-state index contributed by atoms with van der Waals surface area (Å²) in [5.74, 6) is 0.577. The number of amides is 1. The third-order valence-electron chi connectivity index (χ3n) is 5.78. The maximum absolute atomic E-state index is 13.2. The highest BCUT2D eigenvalue weighted by Gasteiger charge is 2.40. The highest BCUT2D eigenvalue weighted by molar-refractivity contribution is 8.26. The normalized spacial score (nSPS) is 22.2. The van der Waals surface area contributed by atoms with Gasteiger partial charge in [0.15, 0.2) is 0 Å². The molecule has 2 heterocycles. The Kier molecular flexibility index (Phi) is 7.95. The van der Waals surface area contributed by atoms with Gasteiger partial charge in [0.05, 0.1) is 17.4 Å². The summed E-state index contributed by atoms with van der Waals surface area (Å²) < 4.78 is 11.6. The van der Waals surface area contributed by atoms with Crippen molar-refractivity contribution in [1.29, 1.82) is 0 Å². The minimum atomic E-state index is -0.316. The number of rotatable bonds is 7.